The van der Waals surface area contributed by atoms with Gasteiger partial charge in [0.25, 0.3) is 0 Å². The molecular formula is C15H23ClN2. The van der Waals surface area contributed by atoms with Gasteiger partial charge in [0.15, 0.2) is 0 Å². The zero-order valence-corrected chi connectivity index (χ0v) is 12.5. The summed E-state index contributed by atoms with van der Waals surface area (Å²) in [5, 5.41) is 4.11. The van der Waals surface area contributed by atoms with Gasteiger partial charge in [0.1, 0.15) is 0 Å². The Hall–Kier alpha value is -0.730. The lowest BCUT2D eigenvalue weighted by atomic mass is 10.0. The molecule has 0 aliphatic carbocycles. The molecule has 1 aromatic carbocycles. The minimum Gasteiger partial charge on any atom is -0.370 e. The molecular weight excluding hydrogens is 244 g/mol. The summed E-state index contributed by atoms with van der Waals surface area (Å²) in [5.74, 6) is 1.49. The highest BCUT2D eigenvalue weighted by molar-refractivity contribution is 6.33. The molecule has 3 atom stereocenters. The van der Waals surface area contributed by atoms with E-state index in [-0.39, 0.29) is 0 Å². The molecule has 1 aromatic rings. The summed E-state index contributed by atoms with van der Waals surface area (Å²) in [6, 6.07) is 6.77. The predicted molar refractivity (Wildman–Crippen MR) is 79.5 cm³/mol. The fraction of sp³-hybridized carbons (Fsp3) is 0.600. The van der Waals surface area contributed by atoms with Crippen LogP contribution >= 0.6 is 11.6 Å². The predicted octanol–water partition coefficient (Wildman–Crippen LogP) is 3.71. The average Bonchev–Trinajstić information content (AvgIpc) is 2.68. The fourth-order valence-corrected chi connectivity index (χ4v) is 2.85. The third kappa shape index (κ3) is 2.65. The average molecular weight is 267 g/mol. The fourth-order valence-electron chi connectivity index (χ4n) is 2.54. The van der Waals surface area contributed by atoms with Crippen LogP contribution in [-0.2, 0) is 0 Å². The van der Waals surface area contributed by atoms with Crippen LogP contribution in [0.25, 0.3) is 0 Å². The van der Waals surface area contributed by atoms with E-state index in [1.807, 2.05) is 7.05 Å². The van der Waals surface area contributed by atoms with Gasteiger partial charge in [-0.1, -0.05) is 31.5 Å². The zero-order valence-electron chi connectivity index (χ0n) is 11.7. The monoisotopic (exact) mass is 266 g/mol. The smallest absolute Gasteiger partial charge is 0.0642 e. The number of nitrogens with one attached hydrogen (secondary N) is 1. The number of hydrogen-bond donors (Lipinski definition) is 1. The molecule has 2 rings (SSSR count). The van der Waals surface area contributed by atoms with E-state index in [1.165, 1.54) is 11.3 Å². The van der Waals surface area contributed by atoms with E-state index >= 15 is 0 Å². The molecule has 1 heterocycles. The van der Waals surface area contributed by atoms with E-state index in [4.69, 9.17) is 11.6 Å². The topological polar surface area (TPSA) is 15.3 Å². The van der Waals surface area contributed by atoms with Gasteiger partial charge in [0.2, 0.25) is 0 Å². The maximum absolute atomic E-state index is 6.44. The van der Waals surface area contributed by atoms with Crippen molar-refractivity contribution in [2.24, 2.45) is 11.8 Å². The van der Waals surface area contributed by atoms with Gasteiger partial charge in [-0.25, -0.2) is 0 Å². The van der Waals surface area contributed by atoms with Crippen molar-refractivity contribution in [2.75, 3.05) is 25.0 Å². The lowest BCUT2D eigenvalue weighted by Crippen LogP contribution is -2.20. The highest BCUT2D eigenvalue weighted by Gasteiger charge is 2.27. The Bertz CT molecular complexity index is 409. The second kappa shape index (κ2) is 5.50. The molecule has 1 N–H and O–H groups in total. The maximum Gasteiger partial charge on any atom is 0.0642 e. The third-order valence-electron chi connectivity index (χ3n) is 4.23. The van der Waals surface area contributed by atoms with Crippen LogP contribution in [0.15, 0.2) is 18.2 Å². The van der Waals surface area contributed by atoms with E-state index in [0.717, 1.165) is 29.9 Å². The van der Waals surface area contributed by atoms with Gasteiger partial charge < -0.3 is 10.2 Å². The van der Waals surface area contributed by atoms with Gasteiger partial charge in [-0.3, -0.25) is 0 Å². The Kier molecular flexibility index (Phi) is 4.18. The summed E-state index contributed by atoms with van der Waals surface area (Å²) < 4.78 is 0. The van der Waals surface area contributed by atoms with Gasteiger partial charge in [-0.15, -0.1) is 0 Å². The highest BCUT2D eigenvalue weighted by Crippen LogP contribution is 2.34. The molecule has 1 aliphatic rings. The Morgan fingerprint density at radius 3 is 2.39 bits per heavy atom. The number of nitrogens with zero attached hydrogens (tertiary/aromatic N) is 1. The van der Waals surface area contributed by atoms with Crippen LogP contribution in [0.5, 0.6) is 0 Å². The van der Waals surface area contributed by atoms with Crippen molar-refractivity contribution in [3.63, 3.8) is 0 Å². The molecule has 18 heavy (non-hydrogen) atoms. The van der Waals surface area contributed by atoms with Crippen LogP contribution in [0.2, 0.25) is 5.02 Å². The van der Waals surface area contributed by atoms with E-state index in [1.54, 1.807) is 0 Å². The molecule has 1 aliphatic heterocycles. The molecule has 100 valence electrons. The van der Waals surface area contributed by atoms with Crippen molar-refractivity contribution in [1.29, 1.82) is 0 Å². The van der Waals surface area contributed by atoms with Crippen molar-refractivity contribution in [2.45, 2.75) is 26.8 Å². The molecule has 0 radical (unpaired) electrons. The lowest BCUT2D eigenvalue weighted by molar-refractivity contribution is 0.494. The van der Waals surface area contributed by atoms with E-state index < -0.39 is 0 Å². The second-order valence-electron chi connectivity index (χ2n) is 5.58. The van der Waals surface area contributed by atoms with Crippen molar-refractivity contribution in [1.82, 2.24) is 5.32 Å². The largest absolute Gasteiger partial charge is 0.370 e. The zero-order chi connectivity index (χ0) is 13.3. The summed E-state index contributed by atoms with van der Waals surface area (Å²) in [4.78, 5) is 2.41. The first-order chi connectivity index (χ1) is 8.52. The minimum atomic E-state index is 0.341. The van der Waals surface area contributed by atoms with Crippen LogP contribution in [0, 0.1) is 11.8 Å². The first-order valence-electron chi connectivity index (χ1n) is 6.74. The van der Waals surface area contributed by atoms with E-state index in [2.05, 4.69) is 49.2 Å². The normalized spacial score (nSPS) is 25.5. The standard InChI is InChI=1S/C15H23ClN2/c1-10-8-18(9-11(10)2)15-6-5-13(7-14(15)16)12(3)17-4/h5-7,10-12,17H,8-9H2,1-4H3. The molecule has 0 aromatic heterocycles. The van der Waals surface area contributed by atoms with Crippen LogP contribution in [0.1, 0.15) is 32.4 Å². The van der Waals surface area contributed by atoms with Crippen molar-refractivity contribution in [3.05, 3.63) is 28.8 Å². The molecule has 3 heteroatoms. The van der Waals surface area contributed by atoms with Crippen LogP contribution < -0.4 is 10.2 Å². The highest BCUT2D eigenvalue weighted by atomic mass is 35.5. The summed E-state index contributed by atoms with van der Waals surface area (Å²) >= 11 is 6.44. The van der Waals surface area contributed by atoms with Gasteiger partial charge in [-0.05, 0) is 43.5 Å². The molecule has 0 saturated carbocycles. The Morgan fingerprint density at radius 2 is 1.89 bits per heavy atom. The third-order valence-corrected chi connectivity index (χ3v) is 4.54. The number of anilines is 1. The van der Waals surface area contributed by atoms with Crippen LogP contribution in [-0.4, -0.2) is 20.1 Å². The second-order valence-corrected chi connectivity index (χ2v) is 5.99. The first kappa shape index (κ1) is 13.7. The van der Waals surface area contributed by atoms with Gasteiger partial charge in [0.05, 0.1) is 10.7 Å². The Balaban J connectivity index is 2.20. The SMILES string of the molecule is CNC(C)c1ccc(N2CC(C)C(C)C2)c(Cl)c1. The van der Waals surface area contributed by atoms with Crippen molar-refractivity contribution < 1.29 is 0 Å². The van der Waals surface area contributed by atoms with Crippen molar-refractivity contribution in [3.8, 4) is 0 Å². The molecule has 0 amide bonds. The Morgan fingerprint density at radius 1 is 1.28 bits per heavy atom. The molecule has 0 bridgehead atoms. The number of halogens is 1. The quantitative estimate of drug-likeness (QED) is 0.897. The van der Waals surface area contributed by atoms with E-state index in [9.17, 15) is 0 Å². The molecule has 1 saturated heterocycles. The number of hydrogen-bond acceptors (Lipinski definition) is 2. The summed E-state index contributed by atoms with van der Waals surface area (Å²) in [7, 11) is 1.97. The summed E-state index contributed by atoms with van der Waals surface area (Å²) in [5.41, 5.74) is 2.42. The Labute approximate surface area is 115 Å². The minimum absolute atomic E-state index is 0.341. The van der Waals surface area contributed by atoms with Crippen LogP contribution in [0.3, 0.4) is 0 Å². The molecule has 3 unspecified atom stereocenters. The number of rotatable bonds is 3. The molecule has 2 nitrogen and oxygen atoms in total. The lowest BCUT2D eigenvalue weighted by Gasteiger charge is -2.21. The summed E-state index contributed by atoms with van der Waals surface area (Å²) in [6.07, 6.45) is 0. The van der Waals surface area contributed by atoms with E-state index in [0.29, 0.717) is 6.04 Å². The molecule has 1 fully saturated rings. The van der Waals surface area contributed by atoms with Crippen molar-refractivity contribution >= 4 is 17.3 Å². The van der Waals surface area contributed by atoms with Crippen LogP contribution in [0.4, 0.5) is 5.69 Å². The summed E-state index contributed by atoms with van der Waals surface area (Å²) in [6.45, 7) is 9.00. The number of benzene rings is 1. The van der Waals surface area contributed by atoms with Gasteiger partial charge >= 0.3 is 0 Å². The maximum atomic E-state index is 6.44. The molecule has 0 spiro atoms. The van der Waals surface area contributed by atoms with Gasteiger partial charge in [0, 0.05) is 19.1 Å². The first-order valence-corrected chi connectivity index (χ1v) is 7.12. The van der Waals surface area contributed by atoms with Gasteiger partial charge in [-0.2, -0.15) is 0 Å².